The number of benzene rings is 2. The highest BCUT2D eigenvalue weighted by Gasteiger charge is 2.30. The predicted octanol–water partition coefficient (Wildman–Crippen LogP) is 2.87. The van der Waals surface area contributed by atoms with Gasteiger partial charge < -0.3 is 16.0 Å². The van der Waals surface area contributed by atoms with Crippen LogP contribution in [0.2, 0.25) is 0 Å². The second kappa shape index (κ2) is 8.87. The maximum absolute atomic E-state index is 12.6. The molecule has 1 aliphatic heterocycles. The number of sulfone groups is 1. The van der Waals surface area contributed by atoms with Crippen molar-refractivity contribution in [2.45, 2.75) is 45.0 Å². The third kappa shape index (κ3) is 5.38. The van der Waals surface area contributed by atoms with E-state index in [9.17, 15) is 18.0 Å². The molecule has 0 saturated heterocycles. The molecule has 1 heterocycles. The van der Waals surface area contributed by atoms with Gasteiger partial charge in [0.15, 0.2) is 9.84 Å². The summed E-state index contributed by atoms with van der Waals surface area (Å²) in [5, 5.41) is 8.60. The Labute approximate surface area is 177 Å². The predicted molar refractivity (Wildman–Crippen MR) is 118 cm³/mol. The summed E-state index contributed by atoms with van der Waals surface area (Å²) in [5.74, 6) is -1.09. The summed E-state index contributed by atoms with van der Waals surface area (Å²) in [4.78, 5) is 24.8. The highest BCUT2D eigenvalue weighted by Crippen LogP contribution is 2.28. The molecule has 2 aromatic rings. The molecule has 1 aliphatic rings. The summed E-state index contributed by atoms with van der Waals surface area (Å²) in [5.41, 5.74) is 3.16. The Balaban J connectivity index is 1.71. The molecule has 0 aromatic heterocycles. The summed E-state index contributed by atoms with van der Waals surface area (Å²) in [6, 6.07) is 11.4. The number of nitrogens with one attached hydrogen (secondary N) is 3. The molecule has 0 fully saturated rings. The largest absolute Gasteiger partial charge is 0.371 e. The first-order valence-corrected chi connectivity index (χ1v) is 11.8. The van der Waals surface area contributed by atoms with Gasteiger partial charge in [0, 0.05) is 11.6 Å². The summed E-state index contributed by atoms with van der Waals surface area (Å²) in [6.45, 7) is 5.80. The Morgan fingerprint density at radius 3 is 2.63 bits per heavy atom. The Kier molecular flexibility index (Phi) is 6.45. The van der Waals surface area contributed by atoms with Crippen LogP contribution < -0.4 is 16.0 Å². The van der Waals surface area contributed by atoms with Gasteiger partial charge in [-0.15, -0.1) is 0 Å². The lowest BCUT2D eigenvalue weighted by molar-refractivity contribution is -0.116. The second-order valence-corrected chi connectivity index (χ2v) is 9.88. The van der Waals surface area contributed by atoms with E-state index >= 15 is 0 Å². The van der Waals surface area contributed by atoms with Crippen molar-refractivity contribution in [2.75, 3.05) is 16.4 Å². The average Bonchev–Trinajstić information content (AvgIpc) is 2.67. The van der Waals surface area contributed by atoms with Gasteiger partial charge >= 0.3 is 0 Å². The van der Waals surface area contributed by atoms with Crippen molar-refractivity contribution in [3.63, 3.8) is 0 Å². The fourth-order valence-electron chi connectivity index (χ4n) is 3.28. The van der Waals surface area contributed by atoms with E-state index in [0.29, 0.717) is 22.5 Å². The quantitative estimate of drug-likeness (QED) is 0.628. The van der Waals surface area contributed by atoms with Gasteiger partial charge in [0.1, 0.15) is 6.04 Å². The SMILES string of the molecule is CC[C@@H](C)NC(=O)c1ccc2c(c1)NC(=O)[C@@H](CS(=O)(=O)Cc1cccc(C)c1)N2. The molecule has 2 amide bonds. The van der Waals surface area contributed by atoms with E-state index in [1.54, 1.807) is 24.3 Å². The molecular formula is C22H27N3O4S. The van der Waals surface area contributed by atoms with Crippen LogP contribution in [0.5, 0.6) is 0 Å². The third-order valence-corrected chi connectivity index (χ3v) is 6.68. The molecule has 0 spiro atoms. The molecule has 0 saturated carbocycles. The van der Waals surface area contributed by atoms with Crippen molar-refractivity contribution in [1.82, 2.24) is 5.32 Å². The number of rotatable bonds is 7. The second-order valence-electron chi connectivity index (χ2n) is 7.77. The Morgan fingerprint density at radius 1 is 1.17 bits per heavy atom. The van der Waals surface area contributed by atoms with Gasteiger partial charge in [-0.05, 0) is 44.0 Å². The van der Waals surface area contributed by atoms with Crippen molar-refractivity contribution in [3.05, 3.63) is 59.2 Å². The van der Waals surface area contributed by atoms with Crippen molar-refractivity contribution in [2.24, 2.45) is 0 Å². The lowest BCUT2D eigenvalue weighted by Gasteiger charge is -2.27. The minimum absolute atomic E-state index is 0.0456. The summed E-state index contributed by atoms with van der Waals surface area (Å²) < 4.78 is 25.3. The van der Waals surface area contributed by atoms with Gasteiger partial charge in [0.05, 0.1) is 22.9 Å². The summed E-state index contributed by atoms with van der Waals surface area (Å²) >= 11 is 0. The van der Waals surface area contributed by atoms with E-state index in [-0.39, 0.29) is 23.5 Å². The maximum atomic E-state index is 12.6. The standard InChI is InChI=1S/C22H27N3O4S/c1-4-15(3)23-21(26)17-8-9-18-19(11-17)25-22(27)20(24-18)13-30(28,29)12-16-7-5-6-14(2)10-16/h5-11,15,20,24H,4,12-13H2,1-3H3,(H,23,26)(H,25,27)/t15-,20-/m1/s1. The zero-order chi connectivity index (χ0) is 21.9. The van der Waals surface area contributed by atoms with Crippen molar-refractivity contribution in [3.8, 4) is 0 Å². The highest BCUT2D eigenvalue weighted by atomic mass is 32.2. The Bertz CT molecular complexity index is 1070. The zero-order valence-electron chi connectivity index (χ0n) is 17.4. The fourth-order valence-corrected chi connectivity index (χ4v) is 4.83. The summed E-state index contributed by atoms with van der Waals surface area (Å²) in [7, 11) is -3.51. The Morgan fingerprint density at radius 2 is 1.93 bits per heavy atom. The van der Waals surface area contributed by atoms with E-state index in [2.05, 4.69) is 16.0 Å². The first-order valence-electron chi connectivity index (χ1n) is 9.95. The van der Waals surface area contributed by atoms with Crippen molar-refractivity contribution >= 4 is 33.0 Å². The molecule has 7 nitrogen and oxygen atoms in total. The van der Waals surface area contributed by atoms with Gasteiger partial charge in [0.25, 0.3) is 5.91 Å². The van der Waals surface area contributed by atoms with Crippen LogP contribution in [0.25, 0.3) is 0 Å². The number of carbonyl (C=O) groups excluding carboxylic acids is 2. The lowest BCUT2D eigenvalue weighted by Crippen LogP contribution is -2.43. The molecule has 0 radical (unpaired) electrons. The smallest absolute Gasteiger partial charge is 0.251 e. The minimum Gasteiger partial charge on any atom is -0.371 e. The van der Waals surface area contributed by atoms with Crippen molar-refractivity contribution < 1.29 is 18.0 Å². The first-order chi connectivity index (χ1) is 14.2. The van der Waals surface area contributed by atoms with Crippen LogP contribution in [0.4, 0.5) is 11.4 Å². The van der Waals surface area contributed by atoms with Crippen LogP contribution in [0, 0.1) is 6.92 Å². The zero-order valence-corrected chi connectivity index (χ0v) is 18.2. The average molecular weight is 430 g/mol. The molecule has 0 aliphatic carbocycles. The molecule has 3 N–H and O–H groups in total. The van der Waals surface area contributed by atoms with Gasteiger partial charge in [-0.2, -0.15) is 0 Å². The number of aryl methyl sites for hydroxylation is 1. The number of amides is 2. The molecule has 160 valence electrons. The van der Waals surface area contributed by atoms with E-state index in [4.69, 9.17) is 0 Å². The van der Waals surface area contributed by atoms with Crippen LogP contribution in [0.15, 0.2) is 42.5 Å². The molecular weight excluding hydrogens is 402 g/mol. The van der Waals surface area contributed by atoms with Crippen LogP contribution in [0.3, 0.4) is 0 Å². The van der Waals surface area contributed by atoms with Crippen LogP contribution in [-0.2, 0) is 20.4 Å². The topological polar surface area (TPSA) is 104 Å². The fraction of sp³-hybridized carbons (Fsp3) is 0.364. The monoisotopic (exact) mass is 429 g/mol. The number of hydrogen-bond donors (Lipinski definition) is 3. The molecule has 8 heteroatoms. The van der Waals surface area contributed by atoms with E-state index in [1.807, 2.05) is 39.0 Å². The lowest BCUT2D eigenvalue weighted by atomic mass is 10.1. The number of anilines is 2. The number of carbonyl (C=O) groups is 2. The van der Waals surface area contributed by atoms with Gasteiger partial charge in [0.2, 0.25) is 5.91 Å². The van der Waals surface area contributed by atoms with Gasteiger partial charge in [-0.1, -0.05) is 36.8 Å². The first kappa shape index (κ1) is 21.8. The van der Waals surface area contributed by atoms with Crippen molar-refractivity contribution in [1.29, 1.82) is 0 Å². The molecule has 2 atom stereocenters. The summed E-state index contributed by atoms with van der Waals surface area (Å²) in [6.07, 6.45) is 0.813. The van der Waals surface area contributed by atoms with Gasteiger partial charge in [-0.3, -0.25) is 9.59 Å². The maximum Gasteiger partial charge on any atom is 0.251 e. The normalized spacial score (nSPS) is 16.8. The van der Waals surface area contributed by atoms with Crippen LogP contribution >= 0.6 is 0 Å². The van der Waals surface area contributed by atoms with E-state index < -0.39 is 21.8 Å². The van der Waals surface area contributed by atoms with Gasteiger partial charge in [-0.25, -0.2) is 8.42 Å². The molecule has 2 aromatic carbocycles. The third-order valence-electron chi connectivity index (χ3n) is 5.07. The van der Waals surface area contributed by atoms with Crippen LogP contribution in [-0.4, -0.2) is 38.1 Å². The number of fused-ring (bicyclic) bond motifs is 1. The van der Waals surface area contributed by atoms with E-state index in [1.165, 1.54) is 0 Å². The molecule has 0 bridgehead atoms. The molecule has 0 unspecified atom stereocenters. The molecule has 30 heavy (non-hydrogen) atoms. The molecule has 3 rings (SSSR count). The highest BCUT2D eigenvalue weighted by molar-refractivity contribution is 7.90. The minimum atomic E-state index is -3.51. The van der Waals surface area contributed by atoms with Crippen LogP contribution in [0.1, 0.15) is 41.8 Å². The Hall–Kier alpha value is -2.87. The number of hydrogen-bond acceptors (Lipinski definition) is 5. The van der Waals surface area contributed by atoms with E-state index in [0.717, 1.165) is 12.0 Å².